The van der Waals surface area contributed by atoms with Gasteiger partial charge in [0, 0.05) is 24.3 Å². The molecule has 1 heterocycles. The fraction of sp³-hybridized carbons (Fsp3) is 0.435. The zero-order valence-corrected chi connectivity index (χ0v) is 17.2. The van der Waals surface area contributed by atoms with E-state index in [0.29, 0.717) is 17.1 Å². The third kappa shape index (κ3) is 4.58. The van der Waals surface area contributed by atoms with Crippen molar-refractivity contribution < 1.29 is 14.3 Å². The molecule has 0 spiro atoms. The first kappa shape index (κ1) is 20.1. The van der Waals surface area contributed by atoms with Gasteiger partial charge in [0.05, 0.1) is 20.3 Å². The second-order valence-electron chi connectivity index (χ2n) is 7.53. The van der Waals surface area contributed by atoms with E-state index in [4.69, 9.17) is 9.47 Å². The molecule has 2 aromatic carbocycles. The largest absolute Gasteiger partial charge is 0.493 e. The Kier molecular flexibility index (Phi) is 6.45. The van der Waals surface area contributed by atoms with Crippen molar-refractivity contribution in [1.29, 1.82) is 0 Å². The lowest BCUT2D eigenvalue weighted by Gasteiger charge is -2.32. The molecule has 0 bridgehead atoms. The second-order valence-corrected chi connectivity index (χ2v) is 7.53. The molecule has 1 aliphatic rings. The Morgan fingerprint density at radius 1 is 1.04 bits per heavy atom. The van der Waals surface area contributed by atoms with Crippen LogP contribution < -0.4 is 19.7 Å². The van der Waals surface area contributed by atoms with Crippen LogP contribution in [0.3, 0.4) is 0 Å². The lowest BCUT2D eigenvalue weighted by molar-refractivity contribution is 0.0939. The number of nitrogens with zero attached hydrogens (tertiary/aromatic N) is 1. The van der Waals surface area contributed by atoms with Gasteiger partial charge in [-0.3, -0.25) is 4.79 Å². The number of piperidine rings is 1. The Bertz CT molecular complexity index is 796. The van der Waals surface area contributed by atoms with Gasteiger partial charge < -0.3 is 19.7 Å². The molecule has 0 aliphatic carbocycles. The van der Waals surface area contributed by atoms with Gasteiger partial charge in [0.15, 0.2) is 11.5 Å². The molecule has 5 nitrogen and oxygen atoms in total. The lowest BCUT2D eigenvalue weighted by Crippen LogP contribution is -2.32. The number of carbonyl (C=O) groups is 1. The molecule has 1 fully saturated rings. The normalized spacial score (nSPS) is 15.8. The van der Waals surface area contributed by atoms with Gasteiger partial charge in [-0.2, -0.15) is 0 Å². The van der Waals surface area contributed by atoms with Gasteiger partial charge in [-0.15, -0.1) is 0 Å². The van der Waals surface area contributed by atoms with Crippen molar-refractivity contribution in [2.75, 3.05) is 32.2 Å². The van der Waals surface area contributed by atoms with Crippen LogP contribution in [0.15, 0.2) is 42.5 Å². The second kappa shape index (κ2) is 9.00. The van der Waals surface area contributed by atoms with E-state index >= 15 is 0 Å². The topological polar surface area (TPSA) is 50.8 Å². The van der Waals surface area contributed by atoms with Crippen LogP contribution >= 0.6 is 0 Å². The van der Waals surface area contributed by atoms with Gasteiger partial charge in [0.1, 0.15) is 0 Å². The monoisotopic (exact) mass is 382 g/mol. The van der Waals surface area contributed by atoms with E-state index in [1.54, 1.807) is 32.4 Å². The molecule has 1 aliphatic heterocycles. The van der Waals surface area contributed by atoms with Crippen molar-refractivity contribution in [3.8, 4) is 11.5 Å². The number of methoxy groups -OCH3 is 2. The maximum absolute atomic E-state index is 12.6. The number of rotatable bonds is 6. The Morgan fingerprint density at radius 2 is 1.68 bits per heavy atom. The van der Waals surface area contributed by atoms with Gasteiger partial charge in [-0.05, 0) is 61.6 Å². The number of nitrogens with one attached hydrogen (secondary N) is 1. The molecular weight excluding hydrogens is 352 g/mol. The average Bonchev–Trinajstić information content (AvgIpc) is 2.73. The Hall–Kier alpha value is -2.69. The summed E-state index contributed by atoms with van der Waals surface area (Å²) in [6.45, 7) is 6.55. The highest BCUT2D eigenvalue weighted by molar-refractivity contribution is 5.95. The summed E-state index contributed by atoms with van der Waals surface area (Å²) in [6, 6.07) is 13.6. The molecule has 1 amide bonds. The van der Waals surface area contributed by atoms with Crippen molar-refractivity contribution in [2.45, 2.75) is 32.7 Å². The smallest absolute Gasteiger partial charge is 0.251 e. The molecular formula is C23H30N2O3. The minimum absolute atomic E-state index is 0.0870. The predicted octanol–water partition coefficient (Wildman–Crippen LogP) is 4.43. The lowest BCUT2D eigenvalue weighted by atomic mass is 9.98. The van der Waals surface area contributed by atoms with Crippen molar-refractivity contribution in [3.05, 3.63) is 53.6 Å². The Morgan fingerprint density at radius 3 is 2.29 bits per heavy atom. The van der Waals surface area contributed by atoms with Crippen LogP contribution in [0, 0.1) is 5.92 Å². The third-order valence-electron chi connectivity index (χ3n) is 5.54. The highest BCUT2D eigenvalue weighted by Gasteiger charge is 2.17. The van der Waals surface area contributed by atoms with Crippen LogP contribution in [0.2, 0.25) is 0 Å². The molecule has 2 aromatic rings. The molecule has 0 aromatic heterocycles. The summed E-state index contributed by atoms with van der Waals surface area (Å²) >= 11 is 0. The van der Waals surface area contributed by atoms with E-state index < -0.39 is 0 Å². The first-order chi connectivity index (χ1) is 13.5. The molecule has 150 valence electrons. The number of hydrogen-bond donors (Lipinski definition) is 1. The van der Waals surface area contributed by atoms with Crippen LogP contribution in [-0.4, -0.2) is 33.2 Å². The first-order valence-corrected chi connectivity index (χ1v) is 9.89. The highest BCUT2D eigenvalue weighted by atomic mass is 16.5. The maximum atomic E-state index is 12.6. The van der Waals surface area contributed by atoms with E-state index in [2.05, 4.69) is 41.4 Å². The van der Waals surface area contributed by atoms with Gasteiger partial charge >= 0.3 is 0 Å². The van der Waals surface area contributed by atoms with Crippen molar-refractivity contribution in [3.63, 3.8) is 0 Å². The van der Waals surface area contributed by atoms with Crippen LogP contribution in [0.5, 0.6) is 11.5 Å². The fourth-order valence-electron chi connectivity index (χ4n) is 3.58. The van der Waals surface area contributed by atoms with Gasteiger partial charge in [0.2, 0.25) is 0 Å². The highest BCUT2D eigenvalue weighted by Crippen LogP contribution is 2.28. The van der Waals surface area contributed by atoms with Gasteiger partial charge in [0.25, 0.3) is 5.91 Å². The number of anilines is 1. The van der Waals surface area contributed by atoms with E-state index in [1.807, 2.05) is 6.92 Å². The van der Waals surface area contributed by atoms with Crippen LogP contribution in [0.25, 0.3) is 0 Å². The Balaban J connectivity index is 1.64. The summed E-state index contributed by atoms with van der Waals surface area (Å²) in [5, 5.41) is 3.06. The molecule has 0 saturated carbocycles. The minimum Gasteiger partial charge on any atom is -0.493 e. The van der Waals surface area contributed by atoms with Gasteiger partial charge in [-0.25, -0.2) is 0 Å². The number of benzene rings is 2. The average molecular weight is 383 g/mol. The maximum Gasteiger partial charge on any atom is 0.251 e. The third-order valence-corrected chi connectivity index (χ3v) is 5.54. The predicted molar refractivity (Wildman–Crippen MR) is 112 cm³/mol. The minimum atomic E-state index is -0.137. The summed E-state index contributed by atoms with van der Waals surface area (Å²) in [6.07, 6.45) is 2.50. The van der Waals surface area contributed by atoms with Crippen molar-refractivity contribution in [2.24, 2.45) is 5.92 Å². The first-order valence-electron chi connectivity index (χ1n) is 9.89. The molecule has 5 heteroatoms. The fourth-order valence-corrected chi connectivity index (χ4v) is 3.58. The zero-order valence-electron chi connectivity index (χ0n) is 17.2. The molecule has 28 heavy (non-hydrogen) atoms. The number of amides is 1. The van der Waals surface area contributed by atoms with E-state index in [9.17, 15) is 4.79 Å². The number of carbonyl (C=O) groups excluding carboxylic acids is 1. The Labute approximate surface area is 167 Å². The van der Waals surface area contributed by atoms with E-state index in [1.165, 1.54) is 18.5 Å². The summed E-state index contributed by atoms with van der Waals surface area (Å²) in [4.78, 5) is 15.1. The zero-order chi connectivity index (χ0) is 20.1. The van der Waals surface area contributed by atoms with E-state index in [0.717, 1.165) is 24.6 Å². The summed E-state index contributed by atoms with van der Waals surface area (Å²) in [5.41, 5.74) is 2.89. The molecule has 0 unspecified atom stereocenters. The quantitative estimate of drug-likeness (QED) is 0.803. The molecule has 3 rings (SSSR count). The van der Waals surface area contributed by atoms with Crippen molar-refractivity contribution >= 4 is 11.6 Å². The SMILES string of the molecule is COc1ccc(C(=O)N[C@H](C)c2ccc(N3CCC(C)CC3)cc2)cc1OC. The molecule has 1 atom stereocenters. The summed E-state index contributed by atoms with van der Waals surface area (Å²) < 4.78 is 10.5. The van der Waals surface area contributed by atoms with Crippen LogP contribution in [0.4, 0.5) is 5.69 Å². The van der Waals surface area contributed by atoms with Gasteiger partial charge in [-0.1, -0.05) is 19.1 Å². The number of ether oxygens (including phenoxy) is 2. The molecule has 0 radical (unpaired) electrons. The molecule has 1 saturated heterocycles. The summed E-state index contributed by atoms with van der Waals surface area (Å²) in [5.74, 6) is 1.84. The van der Waals surface area contributed by atoms with Crippen LogP contribution in [-0.2, 0) is 0 Å². The molecule has 1 N–H and O–H groups in total. The van der Waals surface area contributed by atoms with Crippen LogP contribution in [0.1, 0.15) is 48.7 Å². The van der Waals surface area contributed by atoms with E-state index in [-0.39, 0.29) is 11.9 Å². The van der Waals surface area contributed by atoms with Crippen molar-refractivity contribution in [1.82, 2.24) is 5.32 Å². The number of hydrogen-bond acceptors (Lipinski definition) is 4. The standard InChI is InChI=1S/C23H30N2O3/c1-16-11-13-25(14-12-16)20-8-5-18(6-9-20)17(2)24-23(26)19-7-10-21(27-3)22(15-19)28-4/h5-10,15-17H,11-14H2,1-4H3,(H,24,26)/t17-/m1/s1. The summed E-state index contributed by atoms with van der Waals surface area (Å²) in [7, 11) is 3.14.